The Hall–Kier alpha value is -2.49. The fraction of sp³-hybridized carbons (Fsp3) is 0.0714. The zero-order valence-electron chi connectivity index (χ0n) is 9.79. The molecule has 0 aliphatic rings. The molecule has 4 heteroatoms. The highest BCUT2D eigenvalue weighted by molar-refractivity contribution is 5.96. The predicted molar refractivity (Wildman–Crippen MR) is 68.5 cm³/mol. The maximum Gasteiger partial charge on any atom is 0.270 e. The predicted octanol–water partition coefficient (Wildman–Crippen LogP) is 3.46. The van der Waals surface area contributed by atoms with Crippen molar-refractivity contribution in [3.63, 3.8) is 0 Å². The molecule has 0 amide bonds. The van der Waals surface area contributed by atoms with Crippen LogP contribution < -0.4 is 0 Å². The van der Waals surface area contributed by atoms with E-state index in [9.17, 15) is 14.9 Å². The molecule has 0 heterocycles. The van der Waals surface area contributed by atoms with Gasteiger partial charge in [-0.3, -0.25) is 14.9 Å². The first-order valence-corrected chi connectivity index (χ1v) is 5.44. The lowest BCUT2D eigenvalue weighted by atomic mass is 10.0. The van der Waals surface area contributed by atoms with E-state index < -0.39 is 4.92 Å². The second-order valence-corrected chi connectivity index (χ2v) is 3.95. The Bertz CT molecular complexity index is 573. The summed E-state index contributed by atoms with van der Waals surface area (Å²) in [5.41, 5.74) is 1.81. The van der Waals surface area contributed by atoms with Crippen LogP contribution in [0.2, 0.25) is 0 Å². The average Bonchev–Trinajstić information content (AvgIpc) is 2.39. The molecule has 2 aromatic carbocycles. The van der Waals surface area contributed by atoms with Gasteiger partial charge >= 0.3 is 0 Å². The number of carbonyl (C=O) groups is 1. The van der Waals surface area contributed by atoms with Gasteiger partial charge in [-0.1, -0.05) is 30.3 Å². The molecule has 2 rings (SSSR count). The van der Waals surface area contributed by atoms with Crippen molar-refractivity contribution in [3.05, 3.63) is 64.2 Å². The number of rotatable bonds is 3. The zero-order chi connectivity index (χ0) is 13.1. The van der Waals surface area contributed by atoms with Crippen LogP contribution in [0.25, 0.3) is 11.1 Å². The van der Waals surface area contributed by atoms with E-state index in [1.165, 1.54) is 19.1 Å². The van der Waals surface area contributed by atoms with Crippen LogP contribution in [0.15, 0.2) is 48.5 Å². The van der Waals surface area contributed by atoms with Crippen molar-refractivity contribution in [1.82, 2.24) is 0 Å². The van der Waals surface area contributed by atoms with Gasteiger partial charge in [-0.2, -0.15) is 0 Å². The van der Waals surface area contributed by atoms with Gasteiger partial charge in [0.2, 0.25) is 0 Å². The first kappa shape index (κ1) is 12.0. The molecule has 0 saturated carbocycles. The van der Waals surface area contributed by atoms with E-state index >= 15 is 0 Å². The number of nitrogens with zero attached hydrogens (tertiary/aromatic N) is 1. The molecule has 18 heavy (non-hydrogen) atoms. The van der Waals surface area contributed by atoms with Crippen molar-refractivity contribution in [2.75, 3.05) is 0 Å². The van der Waals surface area contributed by atoms with Gasteiger partial charge in [0, 0.05) is 17.7 Å². The van der Waals surface area contributed by atoms with Crippen molar-refractivity contribution >= 4 is 11.5 Å². The summed E-state index contributed by atoms with van der Waals surface area (Å²) in [5, 5.41) is 10.9. The number of benzene rings is 2. The highest BCUT2D eigenvalue weighted by Crippen LogP contribution is 2.26. The average molecular weight is 241 g/mol. The maximum absolute atomic E-state index is 11.4. The minimum absolute atomic E-state index is 0.0680. The van der Waals surface area contributed by atoms with E-state index in [1.54, 1.807) is 6.07 Å². The quantitative estimate of drug-likeness (QED) is 0.469. The lowest BCUT2D eigenvalue weighted by molar-refractivity contribution is -0.384. The largest absolute Gasteiger partial charge is 0.295 e. The summed E-state index contributed by atoms with van der Waals surface area (Å²) in [6.07, 6.45) is 0. The van der Waals surface area contributed by atoms with Gasteiger partial charge in [0.05, 0.1) is 4.92 Å². The van der Waals surface area contributed by atoms with Gasteiger partial charge in [-0.15, -0.1) is 0 Å². The van der Waals surface area contributed by atoms with Crippen LogP contribution in [0, 0.1) is 10.1 Å². The van der Waals surface area contributed by atoms with Crippen LogP contribution in [-0.2, 0) is 0 Å². The Morgan fingerprint density at radius 2 is 1.72 bits per heavy atom. The Labute approximate surface area is 104 Å². The summed E-state index contributed by atoms with van der Waals surface area (Å²) in [5.74, 6) is -0.184. The molecule has 0 radical (unpaired) electrons. The van der Waals surface area contributed by atoms with Crippen LogP contribution in [0.1, 0.15) is 17.3 Å². The van der Waals surface area contributed by atoms with E-state index in [-0.39, 0.29) is 11.5 Å². The van der Waals surface area contributed by atoms with Crippen LogP contribution in [0.4, 0.5) is 5.69 Å². The summed E-state index contributed by atoms with van der Waals surface area (Å²) < 4.78 is 0. The molecular formula is C14H11NO3. The molecule has 0 aliphatic carbocycles. The molecule has 0 bridgehead atoms. The molecule has 0 aromatic heterocycles. The fourth-order valence-electron chi connectivity index (χ4n) is 1.72. The van der Waals surface area contributed by atoms with Gasteiger partial charge < -0.3 is 0 Å². The third kappa shape index (κ3) is 2.43. The molecule has 0 spiro atoms. The Balaban J connectivity index is 2.61. The molecule has 90 valence electrons. The Kier molecular flexibility index (Phi) is 3.19. The third-order valence-electron chi connectivity index (χ3n) is 2.64. The number of non-ortho nitro benzene ring substituents is 1. The number of Topliss-reactive ketones (excluding diaryl/α,β-unsaturated/α-hetero) is 1. The minimum atomic E-state index is -0.487. The monoisotopic (exact) mass is 241 g/mol. The summed E-state index contributed by atoms with van der Waals surface area (Å²) in [6.45, 7) is 1.40. The summed E-state index contributed by atoms with van der Waals surface area (Å²) >= 11 is 0. The summed E-state index contributed by atoms with van der Waals surface area (Å²) in [6, 6.07) is 13.7. The van der Waals surface area contributed by atoms with Crippen LogP contribution in [-0.4, -0.2) is 10.7 Å². The van der Waals surface area contributed by atoms with Gasteiger partial charge in [-0.05, 0) is 24.1 Å². The topological polar surface area (TPSA) is 60.2 Å². The zero-order valence-corrected chi connectivity index (χ0v) is 9.79. The lowest BCUT2D eigenvalue weighted by Gasteiger charge is -2.04. The van der Waals surface area contributed by atoms with Gasteiger partial charge in [0.25, 0.3) is 5.69 Å². The highest BCUT2D eigenvalue weighted by Gasteiger charge is 2.12. The van der Waals surface area contributed by atoms with E-state index in [0.29, 0.717) is 11.1 Å². The van der Waals surface area contributed by atoms with Crippen molar-refractivity contribution < 1.29 is 9.72 Å². The molecule has 2 aromatic rings. The first-order valence-electron chi connectivity index (χ1n) is 5.44. The van der Waals surface area contributed by atoms with Gasteiger partial charge in [0.1, 0.15) is 0 Å². The number of carbonyl (C=O) groups excluding carboxylic acids is 1. The van der Waals surface area contributed by atoms with Crippen molar-refractivity contribution in [3.8, 4) is 11.1 Å². The van der Waals surface area contributed by atoms with Crippen LogP contribution in [0.5, 0.6) is 0 Å². The van der Waals surface area contributed by atoms with E-state index in [0.717, 1.165) is 5.56 Å². The van der Waals surface area contributed by atoms with Gasteiger partial charge in [0.15, 0.2) is 5.78 Å². The summed E-state index contributed by atoms with van der Waals surface area (Å²) in [4.78, 5) is 21.7. The molecule has 0 aliphatic heterocycles. The number of nitro groups is 1. The number of nitro benzene ring substituents is 1. The second-order valence-electron chi connectivity index (χ2n) is 3.95. The highest BCUT2D eigenvalue weighted by atomic mass is 16.6. The Morgan fingerprint density at radius 3 is 2.28 bits per heavy atom. The van der Waals surface area contributed by atoms with E-state index in [4.69, 9.17) is 0 Å². The second kappa shape index (κ2) is 4.79. The standard InChI is InChI=1S/C14H11NO3/c1-10(16)12-7-13(9-14(8-12)15(17)18)11-5-3-2-4-6-11/h2-9H,1H3. The smallest absolute Gasteiger partial charge is 0.270 e. The molecule has 0 N–H and O–H groups in total. The van der Waals surface area contributed by atoms with Crippen molar-refractivity contribution in [2.45, 2.75) is 6.92 Å². The molecule has 0 unspecified atom stereocenters. The number of hydrogen-bond donors (Lipinski definition) is 0. The fourth-order valence-corrected chi connectivity index (χ4v) is 1.72. The normalized spacial score (nSPS) is 10.1. The molecule has 0 atom stereocenters. The number of ketones is 1. The first-order chi connectivity index (χ1) is 8.58. The molecular weight excluding hydrogens is 230 g/mol. The molecule has 0 fully saturated rings. The van der Waals surface area contributed by atoms with Crippen LogP contribution >= 0.6 is 0 Å². The molecule has 4 nitrogen and oxygen atoms in total. The molecule has 0 saturated heterocycles. The van der Waals surface area contributed by atoms with Gasteiger partial charge in [-0.25, -0.2) is 0 Å². The summed E-state index contributed by atoms with van der Waals surface area (Å²) in [7, 11) is 0. The van der Waals surface area contributed by atoms with Crippen molar-refractivity contribution in [2.24, 2.45) is 0 Å². The van der Waals surface area contributed by atoms with Crippen LogP contribution in [0.3, 0.4) is 0 Å². The van der Waals surface area contributed by atoms with E-state index in [2.05, 4.69) is 0 Å². The third-order valence-corrected chi connectivity index (χ3v) is 2.64. The van der Waals surface area contributed by atoms with Crippen molar-refractivity contribution in [1.29, 1.82) is 0 Å². The minimum Gasteiger partial charge on any atom is -0.295 e. The Morgan fingerprint density at radius 1 is 1.06 bits per heavy atom. The maximum atomic E-state index is 11.4. The number of hydrogen-bond acceptors (Lipinski definition) is 3. The lowest BCUT2D eigenvalue weighted by Crippen LogP contribution is -1.96. The van der Waals surface area contributed by atoms with E-state index in [1.807, 2.05) is 30.3 Å². The SMILES string of the molecule is CC(=O)c1cc(-c2ccccc2)cc([N+](=O)[O-])c1.